The number of fused-ring (bicyclic) bond motifs is 1. The zero-order valence-corrected chi connectivity index (χ0v) is 18.5. The molecule has 0 bridgehead atoms. The number of aromatic amines is 1. The Kier molecular flexibility index (Phi) is 7.70. The molecule has 36 heavy (non-hydrogen) atoms. The predicted molar refractivity (Wildman–Crippen MR) is 121 cm³/mol. The molecule has 194 valence electrons. The molecule has 3 aromatic rings. The minimum absolute atomic E-state index is 0.000827. The Labute approximate surface area is 200 Å². The van der Waals surface area contributed by atoms with E-state index in [-0.39, 0.29) is 40.1 Å². The number of alkyl halides is 6. The molecule has 0 amide bonds. The molecule has 0 saturated heterocycles. The maximum atomic E-state index is 12.8. The number of benzene rings is 2. The lowest BCUT2D eigenvalue weighted by Gasteiger charge is -2.26. The number of hydrogen-bond donors (Lipinski definition) is 4. The molecule has 1 heterocycles. The summed E-state index contributed by atoms with van der Waals surface area (Å²) in [4.78, 5) is 19.5. The van der Waals surface area contributed by atoms with Gasteiger partial charge in [-0.1, -0.05) is 6.07 Å². The number of nitrogens with one attached hydrogen (secondary N) is 1. The normalized spacial score (nSPS) is 12.5. The first-order chi connectivity index (χ1) is 16.7. The highest BCUT2D eigenvalue weighted by Crippen LogP contribution is 2.30. The Balaban J connectivity index is 1.99. The van der Waals surface area contributed by atoms with Crippen LogP contribution in [-0.2, 0) is 6.54 Å². The number of phenols is 2. The first-order valence-electron chi connectivity index (χ1n) is 10.5. The van der Waals surface area contributed by atoms with Gasteiger partial charge in [0, 0.05) is 35.8 Å². The van der Waals surface area contributed by atoms with Gasteiger partial charge in [0.1, 0.15) is 0 Å². The van der Waals surface area contributed by atoms with E-state index in [9.17, 15) is 46.5 Å². The molecule has 4 N–H and O–H groups in total. The van der Waals surface area contributed by atoms with E-state index in [0.717, 1.165) is 4.90 Å². The van der Waals surface area contributed by atoms with Gasteiger partial charge < -0.3 is 20.2 Å². The Morgan fingerprint density at radius 3 is 2.08 bits per heavy atom. The predicted octanol–water partition coefficient (Wildman–Crippen LogP) is 4.98. The molecule has 0 saturated carbocycles. The fourth-order valence-electron chi connectivity index (χ4n) is 3.45. The van der Waals surface area contributed by atoms with Crippen LogP contribution in [0.1, 0.15) is 24.0 Å². The van der Waals surface area contributed by atoms with Crippen LogP contribution in [0.15, 0.2) is 46.2 Å². The number of rotatable bonds is 8. The van der Waals surface area contributed by atoms with Crippen LogP contribution in [-0.4, -0.2) is 52.0 Å². The van der Waals surface area contributed by atoms with Crippen molar-refractivity contribution >= 4 is 22.7 Å². The molecule has 1 aromatic heterocycles. The molecule has 2 aromatic carbocycles. The highest BCUT2D eigenvalue weighted by molar-refractivity contribution is 6.02. The fourth-order valence-corrected chi connectivity index (χ4v) is 3.45. The Hall–Kier alpha value is -3.90. The number of phenolic OH excluding ortho intramolecular Hbond substituents is 2. The minimum atomic E-state index is -4.59. The summed E-state index contributed by atoms with van der Waals surface area (Å²) in [6.07, 6.45) is -10.7. The smallest absolute Gasteiger partial charge is 0.390 e. The van der Waals surface area contributed by atoms with Gasteiger partial charge in [-0.15, -0.1) is 0 Å². The van der Waals surface area contributed by atoms with Crippen LogP contribution in [0.3, 0.4) is 0 Å². The number of halogens is 6. The quantitative estimate of drug-likeness (QED) is 0.192. The van der Waals surface area contributed by atoms with E-state index in [4.69, 9.17) is 0 Å². The summed E-state index contributed by atoms with van der Waals surface area (Å²) in [5, 5.41) is 29.3. The van der Waals surface area contributed by atoms with Crippen LogP contribution in [0.4, 0.5) is 32.0 Å². The second kappa shape index (κ2) is 10.4. The van der Waals surface area contributed by atoms with Gasteiger partial charge in [0.05, 0.1) is 24.9 Å². The average Bonchev–Trinajstić information content (AvgIpc) is 2.76. The SMILES string of the molecule is O=c1[nH]c(O)c(C=NCc2ccc(O)c(O)c2)c2cc(N(CCC(F)(F)F)CCC(F)(F)F)ccc12. The number of nitrogens with zero attached hydrogens (tertiary/aromatic N) is 2. The fraction of sp³-hybridized carbons (Fsp3) is 0.304. The highest BCUT2D eigenvalue weighted by Gasteiger charge is 2.31. The van der Waals surface area contributed by atoms with Gasteiger partial charge in [0.15, 0.2) is 11.5 Å². The number of aromatic hydroxyl groups is 3. The lowest BCUT2D eigenvalue weighted by molar-refractivity contribution is -0.135. The largest absolute Gasteiger partial charge is 0.504 e. The summed E-state index contributed by atoms with van der Waals surface area (Å²) >= 11 is 0. The lowest BCUT2D eigenvalue weighted by atomic mass is 10.1. The molecule has 0 radical (unpaired) electrons. The first kappa shape index (κ1) is 26.7. The van der Waals surface area contributed by atoms with Crippen molar-refractivity contribution in [3.8, 4) is 17.4 Å². The van der Waals surface area contributed by atoms with Gasteiger partial charge >= 0.3 is 12.4 Å². The highest BCUT2D eigenvalue weighted by atomic mass is 19.4. The maximum Gasteiger partial charge on any atom is 0.390 e. The molecule has 7 nitrogen and oxygen atoms in total. The molecule has 13 heteroatoms. The van der Waals surface area contributed by atoms with Crippen molar-refractivity contribution in [3.05, 3.63) is 57.9 Å². The number of hydrogen-bond acceptors (Lipinski definition) is 6. The standard InChI is InChI=1S/C23H21F6N3O4/c24-22(25,26)5-7-32(8-6-23(27,28)29)14-2-3-15-16(10-14)17(21(36)31-20(15)35)12-30-11-13-1-4-18(33)19(34)9-13/h1-4,9-10,12,33-34H,5-8,11H2,(H2,31,35,36). The number of H-pyrrole nitrogens is 1. The van der Waals surface area contributed by atoms with Gasteiger partial charge in [-0.3, -0.25) is 14.8 Å². The van der Waals surface area contributed by atoms with Crippen molar-refractivity contribution in [1.82, 2.24) is 4.98 Å². The van der Waals surface area contributed by atoms with Gasteiger partial charge in [-0.25, -0.2) is 0 Å². The summed E-state index contributed by atoms with van der Waals surface area (Å²) in [6, 6.07) is 7.69. The van der Waals surface area contributed by atoms with E-state index in [1.807, 2.05) is 0 Å². The molecular formula is C23H21F6N3O4. The van der Waals surface area contributed by atoms with Crippen molar-refractivity contribution in [2.45, 2.75) is 31.7 Å². The van der Waals surface area contributed by atoms with Crippen LogP contribution in [0, 0.1) is 0 Å². The van der Waals surface area contributed by atoms with Crippen LogP contribution in [0.25, 0.3) is 10.8 Å². The summed E-state index contributed by atoms with van der Waals surface area (Å²) in [7, 11) is 0. The van der Waals surface area contributed by atoms with Crippen LogP contribution >= 0.6 is 0 Å². The van der Waals surface area contributed by atoms with Crippen LogP contribution < -0.4 is 10.5 Å². The third kappa shape index (κ3) is 7.06. The molecule has 0 spiro atoms. The Morgan fingerprint density at radius 1 is 0.861 bits per heavy atom. The molecule has 0 atom stereocenters. The molecular weight excluding hydrogens is 496 g/mol. The van der Waals surface area contributed by atoms with Crippen molar-refractivity contribution in [3.63, 3.8) is 0 Å². The zero-order chi connectivity index (χ0) is 26.7. The maximum absolute atomic E-state index is 12.8. The third-order valence-electron chi connectivity index (χ3n) is 5.25. The Bertz CT molecular complexity index is 1300. The second-order valence-electron chi connectivity index (χ2n) is 7.96. The topological polar surface area (TPSA) is 109 Å². The molecule has 0 unspecified atom stereocenters. The summed E-state index contributed by atoms with van der Waals surface area (Å²) < 4.78 is 76.7. The van der Waals surface area contributed by atoms with E-state index in [0.29, 0.717) is 5.56 Å². The number of aromatic nitrogens is 1. The molecule has 0 aliphatic rings. The average molecular weight is 517 g/mol. The second-order valence-corrected chi connectivity index (χ2v) is 7.96. The molecule has 0 aliphatic carbocycles. The van der Waals surface area contributed by atoms with Gasteiger partial charge in [0.2, 0.25) is 5.88 Å². The van der Waals surface area contributed by atoms with Gasteiger partial charge in [-0.2, -0.15) is 26.3 Å². The first-order valence-corrected chi connectivity index (χ1v) is 10.5. The Morgan fingerprint density at radius 2 is 1.50 bits per heavy atom. The van der Waals surface area contributed by atoms with E-state index < -0.39 is 49.7 Å². The monoisotopic (exact) mass is 517 g/mol. The number of anilines is 1. The van der Waals surface area contributed by atoms with E-state index in [1.165, 1.54) is 42.6 Å². The molecule has 3 rings (SSSR count). The van der Waals surface area contributed by atoms with E-state index in [1.54, 1.807) is 0 Å². The van der Waals surface area contributed by atoms with Crippen molar-refractivity contribution in [2.75, 3.05) is 18.0 Å². The molecule has 0 fully saturated rings. The van der Waals surface area contributed by atoms with Gasteiger partial charge in [-0.05, 0) is 35.9 Å². The summed E-state index contributed by atoms with van der Waals surface area (Å²) in [5.41, 5.74) is -0.243. The third-order valence-corrected chi connectivity index (χ3v) is 5.25. The van der Waals surface area contributed by atoms with E-state index in [2.05, 4.69) is 9.98 Å². The van der Waals surface area contributed by atoms with Crippen LogP contribution in [0.2, 0.25) is 0 Å². The summed E-state index contributed by atoms with van der Waals surface area (Å²) in [6.45, 7) is -1.50. The van der Waals surface area contributed by atoms with E-state index >= 15 is 0 Å². The number of pyridine rings is 1. The molecule has 0 aliphatic heterocycles. The minimum Gasteiger partial charge on any atom is -0.504 e. The van der Waals surface area contributed by atoms with Crippen molar-refractivity contribution < 1.29 is 41.7 Å². The lowest BCUT2D eigenvalue weighted by Crippen LogP contribution is -2.31. The van der Waals surface area contributed by atoms with Crippen LogP contribution in [0.5, 0.6) is 17.4 Å². The van der Waals surface area contributed by atoms with Gasteiger partial charge in [0.25, 0.3) is 5.56 Å². The van der Waals surface area contributed by atoms with Crippen molar-refractivity contribution in [2.24, 2.45) is 4.99 Å². The van der Waals surface area contributed by atoms with Crippen molar-refractivity contribution in [1.29, 1.82) is 0 Å². The summed E-state index contributed by atoms with van der Waals surface area (Å²) in [5.74, 6) is -1.30. The number of aliphatic imine (C=N–C) groups is 1. The zero-order valence-electron chi connectivity index (χ0n) is 18.5.